The first-order valence-corrected chi connectivity index (χ1v) is 22.9. The molecule has 2 aromatic carbocycles. The van der Waals surface area contributed by atoms with Crippen molar-refractivity contribution in [3.63, 3.8) is 0 Å². The third-order valence-electron chi connectivity index (χ3n) is 12.3. The van der Waals surface area contributed by atoms with Crippen LogP contribution >= 0.6 is 11.8 Å². The van der Waals surface area contributed by atoms with Gasteiger partial charge in [0.15, 0.2) is 0 Å². The topological polar surface area (TPSA) is 168 Å². The van der Waals surface area contributed by atoms with Gasteiger partial charge in [-0.25, -0.2) is 17.8 Å². The third kappa shape index (κ3) is 8.99. The number of alkyl halides is 3. The Labute approximate surface area is 367 Å². The monoisotopic (exact) mass is 914 g/mol. The molecule has 1 saturated heterocycles. The van der Waals surface area contributed by atoms with Gasteiger partial charge in [0.2, 0.25) is 21.8 Å². The number of nitrogens with one attached hydrogen (secondary N) is 3. The Morgan fingerprint density at radius 1 is 1.11 bits per heavy atom. The van der Waals surface area contributed by atoms with E-state index in [4.69, 9.17) is 19.5 Å². The lowest BCUT2D eigenvalue weighted by Gasteiger charge is -2.30. The number of methoxy groups -OCH3 is 1. The van der Waals surface area contributed by atoms with E-state index in [9.17, 15) is 40.4 Å². The molecule has 0 spiro atoms. The number of ether oxygens (including phenoxy) is 2. The van der Waals surface area contributed by atoms with Crippen molar-refractivity contribution in [2.75, 3.05) is 24.7 Å². The average Bonchev–Trinajstić information content (AvgIpc) is 4.00. The van der Waals surface area contributed by atoms with Crippen LogP contribution in [0, 0.1) is 24.6 Å². The Morgan fingerprint density at radius 3 is 2.41 bits per heavy atom. The number of pyridine rings is 1. The fourth-order valence-electron chi connectivity index (χ4n) is 7.92. The van der Waals surface area contributed by atoms with Crippen molar-refractivity contribution >= 4 is 61.1 Å². The molecule has 3 N–H and O–H groups in total. The number of aliphatic imine (C=N–C) groups is 1. The number of aromatic nitrogens is 1. The van der Waals surface area contributed by atoms with Gasteiger partial charge < -0.3 is 25.0 Å². The molecule has 1 aromatic heterocycles. The van der Waals surface area contributed by atoms with Crippen LogP contribution in [0.5, 0.6) is 11.5 Å². The molecule has 19 heteroatoms. The van der Waals surface area contributed by atoms with Crippen LogP contribution in [0.2, 0.25) is 0 Å². The van der Waals surface area contributed by atoms with E-state index in [1.807, 2.05) is 6.92 Å². The standard InChI is InChI=1S/C44H50F4N6O7S2/c1-9-25-19-43(25,41(57)53-63(58,59)42(7)12-13-42)52-38(55)33-17-29(20-54(33)40(56)36(23(4)5)49-28-15-26(44(46,47)48)14-27(45)16-28)61-35-18-31(39-51-32(21-62-39)22(2)3)50-37-24(6)34(60-8)11-10-30(35)37/h9-11,14-16,18,22,25,29,32-33,36,49H,1,4,12-13,17,19-21H2,2-3,5-8H3,(H,52,55)(H,53,57)/t25-,29-,32?,33+,36+,43-/m1/s1. The molecular weight excluding hydrogens is 865 g/mol. The number of thioether (sulfide) groups is 1. The first-order valence-electron chi connectivity index (χ1n) is 20.5. The Hall–Kier alpha value is -5.17. The van der Waals surface area contributed by atoms with Crippen LogP contribution < -0.4 is 24.8 Å². The fraction of sp³-hybridized carbons (Fsp3) is 0.477. The number of carbonyl (C=O) groups is 3. The molecule has 0 bridgehead atoms. The molecule has 7 rings (SSSR count). The summed E-state index contributed by atoms with van der Waals surface area (Å²) in [5.74, 6) is -2.40. The van der Waals surface area contributed by atoms with Crippen molar-refractivity contribution in [1.29, 1.82) is 0 Å². The quantitative estimate of drug-likeness (QED) is 0.110. The molecule has 338 valence electrons. The van der Waals surface area contributed by atoms with E-state index >= 15 is 0 Å². The van der Waals surface area contributed by atoms with Gasteiger partial charge in [-0.3, -0.25) is 24.1 Å². The average molecular weight is 915 g/mol. The van der Waals surface area contributed by atoms with Crippen LogP contribution in [0.3, 0.4) is 0 Å². The number of sulfonamides is 1. The van der Waals surface area contributed by atoms with Crippen LogP contribution in [0.4, 0.5) is 23.2 Å². The molecule has 2 aliphatic carbocycles. The van der Waals surface area contributed by atoms with Gasteiger partial charge in [0.1, 0.15) is 46.1 Å². The van der Waals surface area contributed by atoms with E-state index in [-0.39, 0.29) is 42.6 Å². The van der Waals surface area contributed by atoms with Gasteiger partial charge in [0, 0.05) is 40.8 Å². The number of fused-ring (bicyclic) bond motifs is 1. The Bertz CT molecular complexity index is 2550. The van der Waals surface area contributed by atoms with Gasteiger partial charge in [-0.2, -0.15) is 13.2 Å². The predicted molar refractivity (Wildman–Crippen MR) is 233 cm³/mol. The summed E-state index contributed by atoms with van der Waals surface area (Å²) in [4.78, 5) is 54.1. The van der Waals surface area contributed by atoms with E-state index in [2.05, 4.69) is 42.4 Å². The van der Waals surface area contributed by atoms with Crippen molar-refractivity contribution < 1.29 is 49.8 Å². The lowest BCUT2D eigenvalue weighted by Crippen LogP contribution is -2.58. The van der Waals surface area contributed by atoms with Crippen LogP contribution in [0.15, 0.2) is 66.2 Å². The van der Waals surface area contributed by atoms with Crippen molar-refractivity contribution in [3.8, 4) is 11.5 Å². The highest BCUT2D eigenvalue weighted by Crippen LogP contribution is 2.47. The molecule has 63 heavy (non-hydrogen) atoms. The second-order valence-electron chi connectivity index (χ2n) is 17.4. The predicted octanol–water partition coefficient (Wildman–Crippen LogP) is 6.69. The summed E-state index contributed by atoms with van der Waals surface area (Å²) in [6.07, 6.45) is -3.73. The molecule has 3 heterocycles. The van der Waals surface area contributed by atoms with E-state index in [1.165, 1.54) is 24.8 Å². The molecular formula is C44H50F4N6O7S2. The van der Waals surface area contributed by atoms with Gasteiger partial charge in [-0.05, 0) is 81.9 Å². The molecule has 2 aliphatic heterocycles. The van der Waals surface area contributed by atoms with E-state index in [1.54, 1.807) is 37.1 Å². The Kier molecular flexibility index (Phi) is 12.2. The van der Waals surface area contributed by atoms with Gasteiger partial charge in [-0.1, -0.05) is 26.5 Å². The summed E-state index contributed by atoms with van der Waals surface area (Å²) < 4.78 is 95.2. The molecule has 6 atom stereocenters. The first kappa shape index (κ1) is 45.8. The summed E-state index contributed by atoms with van der Waals surface area (Å²) in [5, 5.41) is 6.74. The number of benzene rings is 2. The minimum Gasteiger partial charge on any atom is -0.496 e. The molecule has 3 aromatic rings. The van der Waals surface area contributed by atoms with E-state index in [0.29, 0.717) is 58.1 Å². The van der Waals surface area contributed by atoms with E-state index < -0.39 is 79.7 Å². The molecule has 1 unspecified atom stereocenters. The number of halogens is 4. The lowest BCUT2D eigenvalue weighted by atomic mass is 10.1. The van der Waals surface area contributed by atoms with Crippen LogP contribution in [-0.4, -0.2) is 95.0 Å². The normalized spacial score (nSPS) is 24.4. The second kappa shape index (κ2) is 16.8. The maximum atomic E-state index is 14.7. The smallest absolute Gasteiger partial charge is 0.416 e. The van der Waals surface area contributed by atoms with Crippen molar-refractivity contribution in [2.45, 2.75) is 101 Å². The largest absolute Gasteiger partial charge is 0.496 e. The SMILES string of the molecule is C=C[C@@H]1C[C@]1(NC(=O)[C@@H]1C[C@@H](Oc2cc(C3=NC(C(C)C)CS3)nc3c(C)c(OC)ccc23)CN1C(=O)[C@@H](Nc1cc(F)cc(C(F)(F)F)c1)C(=C)C)C(=O)NS(=O)(=O)C1(C)CC1. The highest BCUT2D eigenvalue weighted by atomic mass is 32.2. The van der Waals surface area contributed by atoms with Crippen LogP contribution in [0.1, 0.15) is 70.2 Å². The summed E-state index contributed by atoms with van der Waals surface area (Å²) in [6, 6.07) is 4.36. The summed E-state index contributed by atoms with van der Waals surface area (Å²) in [6.45, 7) is 16.4. The molecule has 3 fully saturated rings. The molecule has 13 nitrogen and oxygen atoms in total. The highest BCUT2D eigenvalue weighted by Gasteiger charge is 2.63. The number of likely N-dealkylation sites (tertiary alicyclic amines) is 1. The molecule has 2 saturated carbocycles. The van der Waals surface area contributed by atoms with Gasteiger partial charge in [0.25, 0.3) is 5.91 Å². The fourth-order valence-corrected chi connectivity index (χ4v) is 10.5. The number of amides is 3. The molecule has 0 radical (unpaired) electrons. The zero-order valence-electron chi connectivity index (χ0n) is 35.7. The molecule has 3 amide bonds. The minimum absolute atomic E-state index is 0.0338. The van der Waals surface area contributed by atoms with Crippen LogP contribution in [-0.2, 0) is 30.6 Å². The zero-order chi connectivity index (χ0) is 46.0. The van der Waals surface area contributed by atoms with Crippen molar-refractivity contribution in [3.05, 3.63) is 83.8 Å². The Balaban J connectivity index is 1.25. The summed E-state index contributed by atoms with van der Waals surface area (Å²) in [5.41, 5.74) is -1.36. The van der Waals surface area contributed by atoms with Crippen molar-refractivity contribution in [1.82, 2.24) is 19.9 Å². The summed E-state index contributed by atoms with van der Waals surface area (Å²) in [7, 11) is -2.55. The van der Waals surface area contributed by atoms with Gasteiger partial charge >= 0.3 is 6.18 Å². The van der Waals surface area contributed by atoms with Gasteiger partial charge in [0.05, 0.1) is 41.2 Å². The third-order valence-corrected chi connectivity index (χ3v) is 15.6. The van der Waals surface area contributed by atoms with Gasteiger partial charge in [-0.15, -0.1) is 18.3 Å². The minimum atomic E-state index is -4.89. The summed E-state index contributed by atoms with van der Waals surface area (Å²) >= 11 is 1.57. The number of carbonyl (C=O) groups excluding carboxylic acids is 3. The number of aryl methyl sites for hydroxylation is 1. The first-order chi connectivity index (χ1) is 29.5. The number of hydrogen-bond donors (Lipinski definition) is 3. The number of nitrogens with zero attached hydrogens (tertiary/aromatic N) is 3. The Morgan fingerprint density at radius 2 is 1.83 bits per heavy atom. The number of anilines is 1. The number of hydrogen-bond acceptors (Lipinski definition) is 11. The number of rotatable bonds is 15. The maximum absolute atomic E-state index is 14.7. The lowest BCUT2D eigenvalue weighted by molar-refractivity contribution is -0.139. The zero-order valence-corrected chi connectivity index (χ0v) is 37.3. The van der Waals surface area contributed by atoms with Crippen molar-refractivity contribution in [2.24, 2.45) is 16.8 Å². The van der Waals surface area contributed by atoms with Crippen LogP contribution in [0.25, 0.3) is 10.9 Å². The second-order valence-corrected chi connectivity index (χ2v) is 20.6. The van der Waals surface area contributed by atoms with E-state index in [0.717, 1.165) is 17.4 Å². The highest BCUT2D eigenvalue weighted by molar-refractivity contribution is 8.14. The maximum Gasteiger partial charge on any atom is 0.416 e. The molecule has 4 aliphatic rings.